The summed E-state index contributed by atoms with van der Waals surface area (Å²) in [7, 11) is 0. The first-order valence-corrected chi connectivity index (χ1v) is 12.5. The zero-order chi connectivity index (χ0) is 22.3. The Labute approximate surface area is 193 Å². The van der Waals surface area contributed by atoms with Crippen LogP contribution in [0.25, 0.3) is 10.8 Å². The van der Waals surface area contributed by atoms with E-state index in [1.54, 1.807) is 0 Å². The lowest BCUT2D eigenvalue weighted by Gasteiger charge is -2.28. The third kappa shape index (κ3) is 5.42. The molecular weight excluding hydrogens is 391 g/mol. The molecule has 1 aliphatic rings. The number of unbranched alkanes of at least 4 members (excludes halogenated alkanes) is 1. The monoisotopic (exact) mass is 426 g/mol. The van der Waals surface area contributed by atoms with E-state index in [0.29, 0.717) is 11.3 Å². The first-order valence-electron chi connectivity index (χ1n) is 12.5. The fraction of sp³-hybridized carbons (Fsp3) is 0.419. The molecule has 3 aromatic carbocycles. The second-order valence-electron chi connectivity index (χ2n) is 9.46. The Kier molecular flexibility index (Phi) is 7.64. The van der Waals surface area contributed by atoms with E-state index in [-0.39, 0.29) is 5.82 Å². The van der Waals surface area contributed by atoms with Crippen molar-refractivity contribution >= 4 is 10.8 Å². The van der Waals surface area contributed by atoms with Crippen molar-refractivity contribution in [2.75, 3.05) is 0 Å². The molecule has 0 heterocycles. The SMILES string of the molecule is CCCCC1CCC(c2ccc(C#Cc3ccc4c(F)c(CCC)ccc4c3)cc2)CC1. The normalized spacial score (nSPS) is 18.3. The molecule has 3 aromatic rings. The molecule has 4 rings (SSSR count). The summed E-state index contributed by atoms with van der Waals surface area (Å²) in [6.45, 7) is 4.37. The van der Waals surface area contributed by atoms with Gasteiger partial charge in [-0.3, -0.25) is 0 Å². The van der Waals surface area contributed by atoms with Gasteiger partial charge in [-0.1, -0.05) is 81.7 Å². The minimum Gasteiger partial charge on any atom is -0.206 e. The first-order chi connectivity index (χ1) is 15.7. The van der Waals surface area contributed by atoms with Crippen LogP contribution in [0.5, 0.6) is 0 Å². The molecule has 0 nitrogen and oxygen atoms in total. The van der Waals surface area contributed by atoms with Gasteiger partial charge in [-0.05, 0) is 84.7 Å². The number of aryl methyl sites for hydroxylation is 1. The molecular formula is C31H35F. The van der Waals surface area contributed by atoms with Crippen molar-refractivity contribution in [1.82, 2.24) is 0 Å². The predicted octanol–water partition coefficient (Wildman–Crippen LogP) is 8.80. The van der Waals surface area contributed by atoms with Crippen LogP contribution in [-0.4, -0.2) is 0 Å². The van der Waals surface area contributed by atoms with Gasteiger partial charge in [0.25, 0.3) is 0 Å². The minimum absolute atomic E-state index is 0.0844. The van der Waals surface area contributed by atoms with E-state index in [1.807, 2.05) is 30.3 Å². The summed E-state index contributed by atoms with van der Waals surface area (Å²) in [4.78, 5) is 0. The highest BCUT2D eigenvalue weighted by molar-refractivity contribution is 5.85. The zero-order valence-corrected chi connectivity index (χ0v) is 19.6. The molecule has 0 bridgehead atoms. The van der Waals surface area contributed by atoms with E-state index in [9.17, 15) is 4.39 Å². The third-order valence-electron chi connectivity index (χ3n) is 7.10. The topological polar surface area (TPSA) is 0 Å². The molecule has 0 atom stereocenters. The van der Waals surface area contributed by atoms with Crippen LogP contribution in [0.3, 0.4) is 0 Å². The smallest absolute Gasteiger partial charge is 0.134 e. The van der Waals surface area contributed by atoms with Gasteiger partial charge in [-0.15, -0.1) is 0 Å². The highest BCUT2D eigenvalue weighted by Crippen LogP contribution is 2.37. The van der Waals surface area contributed by atoms with Gasteiger partial charge in [-0.25, -0.2) is 4.39 Å². The molecule has 32 heavy (non-hydrogen) atoms. The largest absolute Gasteiger partial charge is 0.206 e. The van der Waals surface area contributed by atoms with Crippen molar-refractivity contribution in [3.05, 3.63) is 82.7 Å². The minimum atomic E-state index is -0.0844. The van der Waals surface area contributed by atoms with Crippen LogP contribution in [0.2, 0.25) is 0 Å². The highest BCUT2D eigenvalue weighted by atomic mass is 19.1. The van der Waals surface area contributed by atoms with Crippen molar-refractivity contribution < 1.29 is 4.39 Å². The van der Waals surface area contributed by atoms with Crippen LogP contribution >= 0.6 is 0 Å². The lowest BCUT2D eigenvalue weighted by molar-refractivity contribution is 0.304. The number of fused-ring (bicyclic) bond motifs is 1. The summed E-state index contributed by atoms with van der Waals surface area (Å²) in [6, 6.07) is 18.6. The lowest BCUT2D eigenvalue weighted by atomic mass is 9.77. The van der Waals surface area contributed by atoms with Crippen LogP contribution in [0.15, 0.2) is 54.6 Å². The summed E-state index contributed by atoms with van der Waals surface area (Å²) in [5.74, 6) is 8.13. The van der Waals surface area contributed by atoms with E-state index in [1.165, 1.54) is 50.5 Å². The maximum Gasteiger partial charge on any atom is 0.134 e. The fourth-order valence-electron chi connectivity index (χ4n) is 5.14. The molecule has 0 unspecified atom stereocenters. The number of hydrogen-bond acceptors (Lipinski definition) is 0. The molecule has 1 aliphatic carbocycles. The maximum atomic E-state index is 14.7. The standard InChI is InChI=1S/C31H35F/c1-3-5-7-23-10-15-26(16-11-23)27-17-12-24(13-18-27)8-9-25-14-21-30-29(22-25)20-19-28(6-4-2)31(30)32/h12-14,17-23,26H,3-7,10-11,15-16H2,1-2H3. The average Bonchev–Trinajstić information content (AvgIpc) is 2.84. The zero-order valence-electron chi connectivity index (χ0n) is 19.6. The maximum absolute atomic E-state index is 14.7. The summed E-state index contributed by atoms with van der Waals surface area (Å²) in [5.41, 5.74) is 4.23. The van der Waals surface area contributed by atoms with Crippen LogP contribution in [-0.2, 0) is 6.42 Å². The van der Waals surface area contributed by atoms with Gasteiger partial charge < -0.3 is 0 Å². The molecule has 0 aliphatic heterocycles. The Morgan fingerprint density at radius 3 is 2.25 bits per heavy atom. The van der Waals surface area contributed by atoms with Gasteiger partial charge in [-0.2, -0.15) is 0 Å². The summed E-state index contributed by atoms with van der Waals surface area (Å²) in [6.07, 6.45) is 11.3. The molecule has 0 N–H and O–H groups in total. The van der Waals surface area contributed by atoms with Gasteiger partial charge in [0.2, 0.25) is 0 Å². The Hall–Kier alpha value is -2.59. The van der Waals surface area contributed by atoms with Gasteiger partial charge in [0.05, 0.1) is 0 Å². The molecule has 0 saturated heterocycles. The van der Waals surface area contributed by atoms with E-state index < -0.39 is 0 Å². The number of hydrogen-bond donors (Lipinski definition) is 0. The first kappa shape index (κ1) is 22.6. The second-order valence-corrected chi connectivity index (χ2v) is 9.46. The quantitative estimate of drug-likeness (QED) is 0.345. The van der Waals surface area contributed by atoms with Crippen LogP contribution in [0.4, 0.5) is 4.39 Å². The number of halogens is 1. The van der Waals surface area contributed by atoms with Crippen molar-refractivity contribution in [3.8, 4) is 11.8 Å². The number of rotatable bonds is 6. The molecule has 166 valence electrons. The van der Waals surface area contributed by atoms with Gasteiger partial charge >= 0.3 is 0 Å². The molecule has 0 radical (unpaired) electrons. The summed E-state index contributed by atoms with van der Waals surface area (Å²) >= 11 is 0. The summed E-state index contributed by atoms with van der Waals surface area (Å²) in [5, 5.41) is 1.61. The van der Waals surface area contributed by atoms with Crippen LogP contribution < -0.4 is 0 Å². The molecule has 1 fully saturated rings. The Morgan fingerprint density at radius 1 is 0.812 bits per heavy atom. The van der Waals surface area contributed by atoms with Gasteiger partial charge in [0.1, 0.15) is 5.82 Å². The molecule has 1 saturated carbocycles. The molecule has 0 spiro atoms. The molecule has 0 amide bonds. The van der Waals surface area contributed by atoms with Crippen molar-refractivity contribution in [1.29, 1.82) is 0 Å². The average molecular weight is 427 g/mol. The Morgan fingerprint density at radius 2 is 1.53 bits per heavy atom. The van der Waals surface area contributed by atoms with Gasteiger partial charge in [0, 0.05) is 16.5 Å². The van der Waals surface area contributed by atoms with Gasteiger partial charge in [0.15, 0.2) is 0 Å². The van der Waals surface area contributed by atoms with E-state index in [0.717, 1.165) is 40.8 Å². The third-order valence-corrected chi connectivity index (χ3v) is 7.10. The van der Waals surface area contributed by atoms with E-state index >= 15 is 0 Å². The molecule has 0 aromatic heterocycles. The highest BCUT2D eigenvalue weighted by Gasteiger charge is 2.21. The summed E-state index contributed by atoms with van der Waals surface area (Å²) < 4.78 is 14.7. The lowest BCUT2D eigenvalue weighted by Crippen LogP contribution is -2.13. The van der Waals surface area contributed by atoms with Crippen LogP contribution in [0.1, 0.15) is 93.4 Å². The van der Waals surface area contributed by atoms with Crippen LogP contribution in [0, 0.1) is 23.6 Å². The van der Waals surface area contributed by atoms with E-state index in [4.69, 9.17) is 0 Å². The Bertz CT molecular complexity index is 1090. The Balaban J connectivity index is 1.42. The fourth-order valence-corrected chi connectivity index (χ4v) is 5.14. The van der Waals surface area contributed by atoms with Crippen molar-refractivity contribution in [2.45, 2.75) is 77.6 Å². The second kappa shape index (κ2) is 10.8. The predicted molar refractivity (Wildman–Crippen MR) is 135 cm³/mol. The molecule has 1 heteroatoms. The van der Waals surface area contributed by atoms with E-state index in [2.05, 4.69) is 50.0 Å². The van der Waals surface area contributed by atoms with Crippen molar-refractivity contribution in [2.24, 2.45) is 5.92 Å². The number of benzene rings is 3. The van der Waals surface area contributed by atoms with Crippen molar-refractivity contribution in [3.63, 3.8) is 0 Å².